The third-order valence-corrected chi connectivity index (χ3v) is 4.65. The molecule has 29 heavy (non-hydrogen) atoms. The van der Waals surface area contributed by atoms with Gasteiger partial charge in [0.1, 0.15) is 17.3 Å². The normalized spacial score (nSPS) is 13.4. The predicted molar refractivity (Wildman–Crippen MR) is 108 cm³/mol. The van der Waals surface area contributed by atoms with Gasteiger partial charge in [0.15, 0.2) is 0 Å². The molecule has 1 aliphatic heterocycles. The summed E-state index contributed by atoms with van der Waals surface area (Å²) in [6.07, 6.45) is -1.25. The van der Waals surface area contributed by atoms with Gasteiger partial charge in [-0.15, -0.1) is 0 Å². The van der Waals surface area contributed by atoms with Crippen LogP contribution in [0.5, 0.6) is 0 Å². The molecular formula is C22H21F4N3. The molecule has 2 aromatic rings. The van der Waals surface area contributed by atoms with Crippen LogP contribution in [0.2, 0.25) is 0 Å². The first-order valence-corrected chi connectivity index (χ1v) is 9.30. The Labute approximate surface area is 167 Å². The first-order chi connectivity index (χ1) is 13.9. The highest BCUT2D eigenvalue weighted by Crippen LogP contribution is 2.26. The molecule has 0 bridgehead atoms. The molecule has 0 saturated carbocycles. The second-order valence-electron chi connectivity index (χ2n) is 6.80. The van der Waals surface area contributed by atoms with Crippen molar-refractivity contribution in [1.82, 2.24) is 0 Å². The van der Waals surface area contributed by atoms with Gasteiger partial charge in [-0.1, -0.05) is 38.1 Å². The van der Waals surface area contributed by atoms with E-state index in [9.17, 15) is 17.6 Å². The average Bonchev–Trinajstić information content (AvgIpc) is 3.17. The number of anilines is 1. The molecule has 152 valence electrons. The fourth-order valence-corrected chi connectivity index (χ4v) is 3.13. The highest BCUT2D eigenvalue weighted by atomic mass is 19.3. The molecule has 0 fully saturated rings. The van der Waals surface area contributed by atoms with Gasteiger partial charge < -0.3 is 4.90 Å². The maximum atomic E-state index is 14.8. The van der Waals surface area contributed by atoms with Gasteiger partial charge in [-0.25, -0.2) is 17.6 Å². The number of nitrogens with zero attached hydrogens (tertiary/aromatic N) is 3. The molecule has 0 aromatic heterocycles. The van der Waals surface area contributed by atoms with E-state index in [0.717, 1.165) is 12.1 Å². The highest BCUT2D eigenvalue weighted by Gasteiger charge is 2.23. The number of allylic oxidation sites excluding steroid dienone is 1. The summed E-state index contributed by atoms with van der Waals surface area (Å²) in [7, 11) is 0. The summed E-state index contributed by atoms with van der Waals surface area (Å²) >= 11 is 0. The van der Waals surface area contributed by atoms with Gasteiger partial charge in [-0.3, -0.25) is 0 Å². The lowest BCUT2D eigenvalue weighted by molar-refractivity contribution is 0.224. The van der Waals surface area contributed by atoms with Crippen LogP contribution in [0.3, 0.4) is 0 Å². The van der Waals surface area contributed by atoms with Crippen LogP contribution < -0.4 is 4.90 Å². The predicted octanol–water partition coefficient (Wildman–Crippen LogP) is 6.10. The van der Waals surface area contributed by atoms with E-state index in [-0.39, 0.29) is 24.5 Å². The van der Waals surface area contributed by atoms with Gasteiger partial charge in [-0.05, 0) is 30.7 Å². The Balaban J connectivity index is 1.82. The minimum Gasteiger partial charge on any atom is -0.341 e. The molecule has 0 N–H and O–H groups in total. The molecule has 0 amide bonds. The fraction of sp³-hybridized carbons (Fsp3) is 0.273. The zero-order valence-corrected chi connectivity index (χ0v) is 16.0. The summed E-state index contributed by atoms with van der Waals surface area (Å²) in [6, 6.07) is 10.5. The van der Waals surface area contributed by atoms with E-state index in [1.807, 2.05) is 6.92 Å². The Morgan fingerprint density at radius 2 is 1.93 bits per heavy atom. The third-order valence-electron chi connectivity index (χ3n) is 4.65. The van der Waals surface area contributed by atoms with Gasteiger partial charge in [-0.2, -0.15) is 10.2 Å². The van der Waals surface area contributed by atoms with Gasteiger partial charge in [0.2, 0.25) is 0 Å². The van der Waals surface area contributed by atoms with Crippen LogP contribution in [-0.4, -0.2) is 17.8 Å². The molecule has 0 spiro atoms. The average molecular weight is 403 g/mol. The molecule has 0 radical (unpaired) electrons. The largest absolute Gasteiger partial charge is 0.341 e. The lowest BCUT2D eigenvalue weighted by Crippen LogP contribution is -2.22. The number of halogens is 4. The molecule has 0 unspecified atom stereocenters. The summed E-state index contributed by atoms with van der Waals surface area (Å²) in [5.74, 6) is -0.886. The minimum atomic E-state index is -2.68. The summed E-state index contributed by atoms with van der Waals surface area (Å²) in [5.41, 5.74) is 2.11. The topological polar surface area (TPSA) is 28.0 Å². The molecule has 0 saturated heterocycles. The zero-order valence-electron chi connectivity index (χ0n) is 16.0. The van der Waals surface area contributed by atoms with E-state index < -0.39 is 12.2 Å². The van der Waals surface area contributed by atoms with Gasteiger partial charge >= 0.3 is 0 Å². The van der Waals surface area contributed by atoms with Gasteiger partial charge in [0.25, 0.3) is 6.43 Å². The van der Waals surface area contributed by atoms with Crippen molar-refractivity contribution in [3.05, 3.63) is 77.5 Å². The molecule has 0 atom stereocenters. The first-order valence-electron chi connectivity index (χ1n) is 9.30. The van der Waals surface area contributed by atoms with Crippen LogP contribution >= 0.6 is 0 Å². The Kier molecular flexibility index (Phi) is 6.46. The lowest BCUT2D eigenvalue weighted by Gasteiger charge is -2.27. The monoisotopic (exact) mass is 403 g/mol. The maximum Gasteiger partial charge on any atom is 0.278 e. The van der Waals surface area contributed by atoms with Crippen LogP contribution in [0.25, 0.3) is 0 Å². The number of benzene rings is 2. The molecule has 1 aliphatic rings. The van der Waals surface area contributed by atoms with E-state index >= 15 is 0 Å². The van der Waals surface area contributed by atoms with E-state index in [2.05, 4.69) is 16.8 Å². The van der Waals surface area contributed by atoms with Crippen molar-refractivity contribution in [2.75, 3.05) is 4.90 Å². The van der Waals surface area contributed by atoms with Crippen LogP contribution in [0.4, 0.5) is 23.2 Å². The van der Waals surface area contributed by atoms with Crippen molar-refractivity contribution >= 4 is 17.1 Å². The lowest BCUT2D eigenvalue weighted by atomic mass is 10.0. The number of hydrogen-bond donors (Lipinski definition) is 0. The third kappa shape index (κ3) is 4.91. The van der Waals surface area contributed by atoms with Gasteiger partial charge in [0, 0.05) is 28.9 Å². The zero-order chi connectivity index (χ0) is 21.0. The van der Waals surface area contributed by atoms with Crippen LogP contribution in [0.1, 0.15) is 37.3 Å². The fourth-order valence-electron chi connectivity index (χ4n) is 3.13. The summed E-state index contributed by atoms with van der Waals surface area (Å²) < 4.78 is 53.9. The van der Waals surface area contributed by atoms with E-state index in [1.165, 1.54) is 18.2 Å². The molecule has 1 heterocycles. The van der Waals surface area contributed by atoms with E-state index in [1.54, 1.807) is 29.2 Å². The first kappa shape index (κ1) is 20.8. The highest BCUT2D eigenvalue weighted by molar-refractivity contribution is 6.15. The number of rotatable bonds is 8. The molecule has 7 heteroatoms. The Morgan fingerprint density at radius 3 is 2.55 bits per heavy atom. The Morgan fingerprint density at radius 1 is 1.14 bits per heavy atom. The van der Waals surface area contributed by atoms with Crippen molar-refractivity contribution < 1.29 is 17.6 Å². The molecule has 0 aliphatic carbocycles. The van der Waals surface area contributed by atoms with E-state index in [4.69, 9.17) is 0 Å². The standard InChI is InChI=1S/C22H21F4N3/c1-3-5-14(2)29(18-7-4-6-17(23)11-18)13-16-9-8-15(10-19(16)24)20-12-21(22(25)26)28-27-20/h4,6-11,22H,2-3,5,12-13H2,1H3. The van der Waals surface area contributed by atoms with Crippen LogP contribution in [0.15, 0.2) is 64.9 Å². The number of hydrogen-bond acceptors (Lipinski definition) is 3. The summed E-state index contributed by atoms with van der Waals surface area (Å²) in [4.78, 5) is 1.77. The van der Waals surface area contributed by atoms with Crippen molar-refractivity contribution in [2.45, 2.75) is 39.2 Å². The molecular weight excluding hydrogens is 382 g/mol. The minimum absolute atomic E-state index is 0.0980. The van der Waals surface area contributed by atoms with Crippen LogP contribution in [-0.2, 0) is 6.54 Å². The molecule has 2 aromatic carbocycles. The van der Waals surface area contributed by atoms with Crippen molar-refractivity contribution in [2.24, 2.45) is 10.2 Å². The summed E-state index contributed by atoms with van der Waals surface area (Å²) in [6.45, 7) is 6.23. The van der Waals surface area contributed by atoms with Crippen LogP contribution in [0, 0.1) is 11.6 Å². The second-order valence-corrected chi connectivity index (χ2v) is 6.80. The smallest absolute Gasteiger partial charge is 0.278 e. The second kappa shape index (κ2) is 9.03. The molecule has 3 nitrogen and oxygen atoms in total. The Hall–Kier alpha value is -2.96. The van der Waals surface area contributed by atoms with E-state index in [0.29, 0.717) is 28.9 Å². The van der Waals surface area contributed by atoms with Gasteiger partial charge in [0.05, 0.1) is 12.3 Å². The Bertz CT molecular complexity index is 966. The van der Waals surface area contributed by atoms with Crippen molar-refractivity contribution in [3.63, 3.8) is 0 Å². The maximum absolute atomic E-state index is 14.8. The molecule has 3 rings (SSSR count). The van der Waals surface area contributed by atoms with Crippen molar-refractivity contribution in [1.29, 1.82) is 0 Å². The quantitative estimate of drug-likeness (QED) is 0.490. The number of alkyl halides is 2. The van der Waals surface area contributed by atoms with Crippen molar-refractivity contribution in [3.8, 4) is 0 Å². The SMILES string of the molecule is C=C(CCC)N(Cc1ccc(C2=NN=C(C(F)F)C2)cc1F)c1cccc(F)c1. The summed E-state index contributed by atoms with van der Waals surface area (Å²) in [5, 5.41) is 7.20.